The van der Waals surface area contributed by atoms with Crippen LogP contribution in [0.3, 0.4) is 0 Å². The zero-order valence-corrected chi connectivity index (χ0v) is 9.26. The van der Waals surface area contributed by atoms with Gasteiger partial charge in [-0.1, -0.05) is 0 Å². The first-order chi connectivity index (χ1) is 7.42. The Hall–Kier alpha value is -0.680. The molecular weight excluding hydrogens is 208 g/mol. The Morgan fingerprint density at radius 1 is 1.27 bits per heavy atom. The predicted molar refractivity (Wildman–Crippen MR) is 59.1 cm³/mol. The normalized spacial score (nSPS) is 37.7. The van der Waals surface area contributed by atoms with Gasteiger partial charge in [-0.05, 0) is 24.7 Å². The van der Waals surface area contributed by atoms with Gasteiger partial charge >= 0.3 is 0 Å². The molecule has 3 aliphatic rings. The number of fused-ring (bicyclic) bond motifs is 1. The van der Waals surface area contributed by atoms with Crippen LogP contribution in [0.15, 0.2) is 0 Å². The minimum atomic E-state index is 0.672. The average Bonchev–Trinajstić information content (AvgIpc) is 3.07. The van der Waals surface area contributed by atoms with Gasteiger partial charge in [0, 0.05) is 36.6 Å². The van der Waals surface area contributed by atoms with Crippen molar-refractivity contribution in [2.24, 2.45) is 11.8 Å². The van der Waals surface area contributed by atoms with E-state index >= 15 is 0 Å². The van der Waals surface area contributed by atoms with Gasteiger partial charge < -0.3 is 10.6 Å². The molecule has 3 fully saturated rings. The molecule has 1 saturated heterocycles. The van der Waals surface area contributed by atoms with E-state index < -0.39 is 0 Å². The highest BCUT2D eigenvalue weighted by atomic mass is 32.1. The van der Waals surface area contributed by atoms with E-state index in [0.29, 0.717) is 12.0 Å². The van der Waals surface area contributed by atoms with Crippen LogP contribution in [-0.4, -0.2) is 28.5 Å². The Kier molecular flexibility index (Phi) is 1.65. The molecule has 2 saturated carbocycles. The van der Waals surface area contributed by atoms with Gasteiger partial charge in [0.2, 0.25) is 5.13 Å². The van der Waals surface area contributed by atoms with Crippen LogP contribution in [0.2, 0.25) is 0 Å². The summed E-state index contributed by atoms with van der Waals surface area (Å²) in [4.78, 5) is 4.56. The molecule has 2 atom stereocenters. The maximum Gasteiger partial charge on any atom is 0.202 e. The second-order valence-electron chi connectivity index (χ2n) is 4.89. The molecular formula is C10H14N4S. The smallest absolute Gasteiger partial charge is 0.202 e. The summed E-state index contributed by atoms with van der Waals surface area (Å²) < 4.78 is 4.41. The average molecular weight is 222 g/mol. The highest BCUT2D eigenvalue weighted by molar-refractivity contribution is 7.09. The maximum atomic E-state index is 4.56. The topological polar surface area (TPSA) is 49.8 Å². The first-order valence-corrected chi connectivity index (χ1v) is 6.50. The van der Waals surface area contributed by atoms with Crippen LogP contribution in [0.25, 0.3) is 0 Å². The van der Waals surface area contributed by atoms with Crippen molar-refractivity contribution in [2.75, 3.05) is 18.4 Å². The summed E-state index contributed by atoms with van der Waals surface area (Å²) in [6.07, 6.45) is 2.57. The van der Waals surface area contributed by atoms with E-state index in [1.165, 1.54) is 37.5 Å². The molecule has 1 aromatic rings. The molecule has 0 amide bonds. The first-order valence-electron chi connectivity index (χ1n) is 5.72. The molecule has 1 aliphatic heterocycles. The number of anilines is 1. The quantitative estimate of drug-likeness (QED) is 0.802. The fourth-order valence-electron chi connectivity index (χ4n) is 2.58. The molecule has 0 aromatic carbocycles. The Morgan fingerprint density at radius 2 is 2.07 bits per heavy atom. The molecule has 2 heterocycles. The molecule has 80 valence electrons. The minimum Gasteiger partial charge on any atom is -0.357 e. The number of rotatable bonds is 3. The zero-order valence-electron chi connectivity index (χ0n) is 8.44. The lowest BCUT2D eigenvalue weighted by Gasteiger charge is -2.04. The third-order valence-electron chi connectivity index (χ3n) is 3.77. The van der Waals surface area contributed by atoms with Gasteiger partial charge in [-0.25, -0.2) is 4.98 Å². The third kappa shape index (κ3) is 1.37. The van der Waals surface area contributed by atoms with Gasteiger partial charge in [0.1, 0.15) is 5.82 Å². The number of hydrogen-bond acceptors (Lipinski definition) is 5. The molecule has 2 unspecified atom stereocenters. The van der Waals surface area contributed by atoms with Gasteiger partial charge in [0.15, 0.2) is 0 Å². The fourth-order valence-corrected chi connectivity index (χ4v) is 3.27. The van der Waals surface area contributed by atoms with E-state index in [0.717, 1.165) is 22.8 Å². The van der Waals surface area contributed by atoms with Crippen molar-refractivity contribution in [3.05, 3.63) is 5.82 Å². The second-order valence-corrected chi connectivity index (χ2v) is 5.64. The van der Waals surface area contributed by atoms with Gasteiger partial charge in [0.25, 0.3) is 0 Å². The van der Waals surface area contributed by atoms with Crippen LogP contribution in [0, 0.1) is 11.8 Å². The van der Waals surface area contributed by atoms with Gasteiger partial charge in [-0.15, -0.1) is 0 Å². The summed E-state index contributed by atoms with van der Waals surface area (Å²) in [5, 5.41) is 7.96. The fraction of sp³-hybridized carbons (Fsp3) is 0.800. The molecule has 0 radical (unpaired) electrons. The number of nitrogens with one attached hydrogen (secondary N) is 2. The van der Waals surface area contributed by atoms with Crippen molar-refractivity contribution in [1.82, 2.24) is 14.7 Å². The van der Waals surface area contributed by atoms with E-state index in [4.69, 9.17) is 0 Å². The van der Waals surface area contributed by atoms with E-state index in [9.17, 15) is 0 Å². The third-order valence-corrected chi connectivity index (χ3v) is 4.43. The molecule has 0 spiro atoms. The van der Waals surface area contributed by atoms with E-state index in [1.807, 2.05) is 0 Å². The Morgan fingerprint density at radius 3 is 2.80 bits per heavy atom. The van der Waals surface area contributed by atoms with Crippen LogP contribution >= 0.6 is 11.5 Å². The van der Waals surface area contributed by atoms with E-state index in [1.54, 1.807) is 0 Å². The summed E-state index contributed by atoms with van der Waals surface area (Å²) in [6.45, 7) is 2.35. The number of nitrogens with zero attached hydrogens (tertiary/aromatic N) is 2. The monoisotopic (exact) mass is 222 g/mol. The van der Waals surface area contributed by atoms with Crippen molar-refractivity contribution >= 4 is 16.7 Å². The summed E-state index contributed by atoms with van der Waals surface area (Å²) in [5.41, 5.74) is 0. The molecule has 2 aliphatic carbocycles. The molecule has 4 nitrogen and oxygen atoms in total. The van der Waals surface area contributed by atoms with Gasteiger partial charge in [-0.3, -0.25) is 0 Å². The first kappa shape index (κ1) is 8.47. The van der Waals surface area contributed by atoms with Crippen LogP contribution in [-0.2, 0) is 0 Å². The number of aromatic nitrogens is 2. The molecule has 15 heavy (non-hydrogen) atoms. The van der Waals surface area contributed by atoms with E-state index in [-0.39, 0.29) is 0 Å². The summed E-state index contributed by atoms with van der Waals surface area (Å²) in [5.74, 6) is 3.44. The predicted octanol–water partition coefficient (Wildman–Crippen LogP) is 1.05. The standard InChI is InChI=1S/C10H14N4S/c1-2-5(1)9-13-10(15-14-9)12-8-6-3-11-4-7(6)8/h5-8,11H,1-4H2,(H,12,13,14). The molecule has 0 bridgehead atoms. The Balaban J connectivity index is 1.44. The molecule has 2 N–H and O–H groups in total. The Bertz CT molecular complexity index is 377. The highest BCUT2D eigenvalue weighted by Gasteiger charge is 2.53. The summed E-state index contributed by atoms with van der Waals surface area (Å²) >= 11 is 1.53. The maximum absolute atomic E-state index is 4.56. The van der Waals surface area contributed by atoms with Crippen molar-refractivity contribution in [3.63, 3.8) is 0 Å². The zero-order chi connectivity index (χ0) is 9.83. The number of hydrogen-bond donors (Lipinski definition) is 2. The van der Waals surface area contributed by atoms with Gasteiger partial charge in [0.05, 0.1) is 0 Å². The molecule has 1 aromatic heterocycles. The second kappa shape index (κ2) is 2.92. The lowest BCUT2D eigenvalue weighted by molar-refractivity contribution is 0.696. The van der Waals surface area contributed by atoms with Crippen LogP contribution in [0.4, 0.5) is 5.13 Å². The lowest BCUT2D eigenvalue weighted by atomic mass is 10.4. The Labute approximate surface area is 92.7 Å². The van der Waals surface area contributed by atoms with Crippen molar-refractivity contribution in [1.29, 1.82) is 0 Å². The number of piperidine rings is 1. The van der Waals surface area contributed by atoms with Gasteiger partial charge in [-0.2, -0.15) is 4.37 Å². The lowest BCUT2D eigenvalue weighted by Crippen LogP contribution is -2.21. The van der Waals surface area contributed by atoms with Crippen molar-refractivity contribution in [3.8, 4) is 0 Å². The minimum absolute atomic E-state index is 0.672. The highest BCUT2D eigenvalue weighted by Crippen LogP contribution is 2.44. The van der Waals surface area contributed by atoms with Crippen molar-refractivity contribution in [2.45, 2.75) is 24.8 Å². The largest absolute Gasteiger partial charge is 0.357 e. The van der Waals surface area contributed by atoms with Crippen molar-refractivity contribution < 1.29 is 0 Å². The molecule has 4 rings (SSSR count). The summed E-state index contributed by atoms with van der Waals surface area (Å²) in [7, 11) is 0. The van der Waals surface area contributed by atoms with E-state index in [2.05, 4.69) is 20.0 Å². The van der Waals surface area contributed by atoms with Crippen LogP contribution < -0.4 is 10.6 Å². The summed E-state index contributed by atoms with van der Waals surface area (Å²) in [6, 6.07) is 0.672. The SMILES string of the molecule is C1CC1c1nsc(NC2C3CNCC32)n1. The van der Waals surface area contributed by atoms with Crippen LogP contribution in [0.1, 0.15) is 24.6 Å². The van der Waals surface area contributed by atoms with Crippen LogP contribution in [0.5, 0.6) is 0 Å². The molecule has 5 heteroatoms.